The summed E-state index contributed by atoms with van der Waals surface area (Å²) >= 11 is 0. The Morgan fingerprint density at radius 3 is 2.59 bits per heavy atom. The molecule has 0 saturated carbocycles. The molecule has 5 aromatic rings. The molecule has 0 aliphatic carbocycles. The Bertz CT molecular complexity index is 1830. The molecule has 1 fully saturated rings. The number of fused-ring (bicyclic) bond motifs is 2. The van der Waals surface area contributed by atoms with Crippen LogP contribution in [0.3, 0.4) is 0 Å². The standard InChI is InChI=1S/C31H26F4N6/c1-3-18(16-41-14-12-31(34,35)17-41)15-19(4-2)22-9-10-23-25(26(22)33)29(40-39-23)30-37-24-11-13-36-27(28(24)38-30)20-5-7-21(32)8-6-20/h3-11,13,15H,1,12,14,16-17H2,2H3,(H,37,38)(H,39,40)/b18-15+,19-4+. The fraction of sp³-hybridized carbons (Fsp3) is 0.194. The van der Waals surface area contributed by atoms with E-state index in [9.17, 15) is 13.2 Å². The zero-order valence-corrected chi connectivity index (χ0v) is 22.2. The van der Waals surface area contributed by atoms with Crippen molar-refractivity contribution in [2.75, 3.05) is 19.6 Å². The van der Waals surface area contributed by atoms with Gasteiger partial charge in [0.25, 0.3) is 5.92 Å². The first kappa shape index (κ1) is 26.6. The van der Waals surface area contributed by atoms with Crippen LogP contribution in [0, 0.1) is 11.6 Å². The molecule has 41 heavy (non-hydrogen) atoms. The summed E-state index contributed by atoms with van der Waals surface area (Å²) in [5, 5.41) is 7.50. The van der Waals surface area contributed by atoms with Crippen LogP contribution in [0.2, 0.25) is 0 Å². The number of hydrogen-bond donors (Lipinski definition) is 2. The second-order valence-electron chi connectivity index (χ2n) is 10.1. The molecule has 0 spiro atoms. The van der Waals surface area contributed by atoms with Crippen LogP contribution in [-0.2, 0) is 0 Å². The van der Waals surface area contributed by atoms with Gasteiger partial charge in [-0.15, -0.1) is 0 Å². The van der Waals surface area contributed by atoms with Gasteiger partial charge in [0.1, 0.15) is 22.8 Å². The summed E-state index contributed by atoms with van der Waals surface area (Å²) in [5.41, 5.74) is 4.87. The van der Waals surface area contributed by atoms with E-state index in [0.29, 0.717) is 62.6 Å². The van der Waals surface area contributed by atoms with E-state index in [0.717, 1.165) is 0 Å². The van der Waals surface area contributed by atoms with Crippen molar-refractivity contribution in [3.8, 4) is 22.8 Å². The number of aromatic nitrogens is 5. The van der Waals surface area contributed by atoms with E-state index in [-0.39, 0.29) is 30.7 Å². The smallest absolute Gasteiger partial charge is 0.261 e. The van der Waals surface area contributed by atoms with Crippen LogP contribution in [0.5, 0.6) is 0 Å². The number of hydrogen-bond acceptors (Lipinski definition) is 4. The molecule has 0 amide bonds. The topological polar surface area (TPSA) is 73.5 Å². The molecule has 208 valence electrons. The van der Waals surface area contributed by atoms with E-state index in [1.807, 2.05) is 0 Å². The zero-order chi connectivity index (χ0) is 28.7. The molecule has 0 radical (unpaired) electrons. The van der Waals surface area contributed by atoms with Gasteiger partial charge < -0.3 is 4.98 Å². The number of alkyl halides is 2. The maximum atomic E-state index is 16.2. The lowest BCUT2D eigenvalue weighted by Gasteiger charge is -2.17. The van der Waals surface area contributed by atoms with E-state index >= 15 is 4.39 Å². The number of nitrogens with one attached hydrogen (secondary N) is 2. The summed E-state index contributed by atoms with van der Waals surface area (Å²) in [6.45, 7) is 5.90. The molecule has 6 rings (SSSR count). The molecule has 4 heterocycles. The van der Waals surface area contributed by atoms with Gasteiger partial charge in [-0.2, -0.15) is 5.10 Å². The van der Waals surface area contributed by atoms with Crippen LogP contribution in [-0.4, -0.2) is 55.6 Å². The molecule has 0 bridgehead atoms. The van der Waals surface area contributed by atoms with Crippen molar-refractivity contribution < 1.29 is 17.6 Å². The molecule has 0 unspecified atom stereocenters. The van der Waals surface area contributed by atoms with Crippen molar-refractivity contribution in [1.82, 2.24) is 30.0 Å². The van der Waals surface area contributed by atoms with E-state index < -0.39 is 11.7 Å². The Morgan fingerprint density at radius 1 is 1.07 bits per heavy atom. The molecule has 6 nitrogen and oxygen atoms in total. The minimum atomic E-state index is -2.70. The van der Waals surface area contributed by atoms with Gasteiger partial charge in [-0.3, -0.25) is 15.0 Å². The average molecular weight is 559 g/mol. The van der Waals surface area contributed by atoms with Crippen molar-refractivity contribution in [3.63, 3.8) is 0 Å². The van der Waals surface area contributed by atoms with Crippen molar-refractivity contribution in [3.05, 3.63) is 96.2 Å². The number of rotatable bonds is 7. The number of H-pyrrole nitrogens is 2. The van der Waals surface area contributed by atoms with Gasteiger partial charge in [-0.1, -0.05) is 24.8 Å². The Labute approximate surface area is 233 Å². The molecule has 0 atom stereocenters. The molecular weight excluding hydrogens is 532 g/mol. The quantitative estimate of drug-likeness (QED) is 0.162. The predicted molar refractivity (Wildman–Crippen MR) is 152 cm³/mol. The summed E-state index contributed by atoms with van der Waals surface area (Å²) < 4.78 is 57.1. The number of pyridine rings is 1. The molecule has 10 heteroatoms. The first-order valence-electron chi connectivity index (χ1n) is 13.1. The van der Waals surface area contributed by atoms with Crippen LogP contribution in [0.4, 0.5) is 17.6 Å². The van der Waals surface area contributed by atoms with Gasteiger partial charge in [-0.25, -0.2) is 22.5 Å². The lowest BCUT2D eigenvalue weighted by atomic mass is 9.99. The Morgan fingerprint density at radius 2 is 1.88 bits per heavy atom. The first-order chi connectivity index (χ1) is 19.8. The third-order valence-electron chi connectivity index (χ3n) is 7.29. The van der Waals surface area contributed by atoms with Crippen LogP contribution < -0.4 is 0 Å². The van der Waals surface area contributed by atoms with Crippen LogP contribution >= 0.6 is 0 Å². The van der Waals surface area contributed by atoms with Gasteiger partial charge >= 0.3 is 0 Å². The van der Waals surface area contributed by atoms with Crippen molar-refractivity contribution in [1.29, 1.82) is 0 Å². The number of nitrogens with zero attached hydrogens (tertiary/aromatic N) is 4. The zero-order valence-electron chi connectivity index (χ0n) is 22.2. The fourth-order valence-corrected chi connectivity index (χ4v) is 5.22. The fourth-order valence-electron chi connectivity index (χ4n) is 5.22. The van der Waals surface area contributed by atoms with Crippen LogP contribution in [0.15, 0.2) is 79.0 Å². The minimum Gasteiger partial charge on any atom is -0.336 e. The molecular formula is C31H26F4N6. The van der Waals surface area contributed by atoms with Crippen molar-refractivity contribution >= 4 is 27.5 Å². The van der Waals surface area contributed by atoms with Gasteiger partial charge in [-0.05, 0) is 60.5 Å². The predicted octanol–water partition coefficient (Wildman–Crippen LogP) is 7.30. The Hall–Kier alpha value is -4.57. The largest absolute Gasteiger partial charge is 0.336 e. The monoisotopic (exact) mass is 558 g/mol. The third kappa shape index (κ3) is 5.06. The van der Waals surface area contributed by atoms with Gasteiger partial charge in [0.2, 0.25) is 0 Å². The van der Waals surface area contributed by atoms with Crippen molar-refractivity contribution in [2.45, 2.75) is 19.3 Å². The number of benzene rings is 2. The molecule has 3 aromatic heterocycles. The Balaban J connectivity index is 1.39. The summed E-state index contributed by atoms with van der Waals surface area (Å²) in [6, 6.07) is 11.1. The normalized spacial score (nSPS) is 16.2. The number of halogens is 4. The van der Waals surface area contributed by atoms with Gasteiger partial charge in [0.05, 0.1) is 28.7 Å². The van der Waals surface area contributed by atoms with Crippen LogP contribution in [0.1, 0.15) is 18.9 Å². The number of imidazole rings is 1. The molecule has 1 aliphatic rings. The van der Waals surface area contributed by atoms with E-state index in [4.69, 9.17) is 4.98 Å². The molecule has 1 aliphatic heterocycles. The summed E-state index contributed by atoms with van der Waals surface area (Å²) in [6.07, 6.45) is 6.60. The maximum Gasteiger partial charge on any atom is 0.261 e. The number of aromatic amines is 2. The average Bonchev–Trinajstić information content (AvgIpc) is 3.68. The van der Waals surface area contributed by atoms with E-state index in [1.165, 1.54) is 12.1 Å². The van der Waals surface area contributed by atoms with Gasteiger partial charge in [0.15, 0.2) is 5.82 Å². The minimum absolute atomic E-state index is 0.175. The highest BCUT2D eigenvalue weighted by atomic mass is 19.3. The maximum absolute atomic E-state index is 16.2. The van der Waals surface area contributed by atoms with Gasteiger partial charge in [0, 0.05) is 36.8 Å². The lowest BCUT2D eigenvalue weighted by molar-refractivity contribution is 0.0131. The highest BCUT2D eigenvalue weighted by Gasteiger charge is 2.38. The molecule has 2 aromatic carbocycles. The number of allylic oxidation sites excluding steroid dienone is 3. The highest BCUT2D eigenvalue weighted by molar-refractivity contribution is 5.98. The summed E-state index contributed by atoms with van der Waals surface area (Å²) in [4.78, 5) is 14.0. The SMILES string of the molecule is C=C/C(=C\C(=C/C)c1ccc2[nH]nc(-c3nc4c(-c5ccc(F)cc5)nccc4[nH]3)c2c1F)CN1CCC(F)(F)C1. The van der Waals surface area contributed by atoms with Crippen LogP contribution in [0.25, 0.3) is 50.3 Å². The van der Waals surface area contributed by atoms with E-state index in [2.05, 4.69) is 26.7 Å². The second-order valence-corrected chi connectivity index (χ2v) is 10.1. The second kappa shape index (κ2) is 10.4. The Kier molecular flexibility index (Phi) is 6.78. The number of likely N-dealkylation sites (tertiary alicyclic amines) is 1. The first-order valence-corrected chi connectivity index (χ1v) is 13.1. The summed E-state index contributed by atoms with van der Waals surface area (Å²) in [5.74, 6) is -3.20. The highest BCUT2D eigenvalue weighted by Crippen LogP contribution is 2.35. The summed E-state index contributed by atoms with van der Waals surface area (Å²) in [7, 11) is 0. The third-order valence-corrected chi connectivity index (χ3v) is 7.29. The molecule has 2 N–H and O–H groups in total. The molecule has 1 saturated heterocycles. The van der Waals surface area contributed by atoms with E-state index in [1.54, 1.807) is 66.6 Å². The lowest BCUT2D eigenvalue weighted by Crippen LogP contribution is -2.26. The van der Waals surface area contributed by atoms with Crippen molar-refractivity contribution in [2.24, 2.45) is 0 Å².